The zero-order valence-electron chi connectivity index (χ0n) is 21.0. The highest BCUT2D eigenvalue weighted by molar-refractivity contribution is 5.75. The van der Waals surface area contributed by atoms with Crippen LogP contribution in [0, 0.1) is 5.92 Å². The van der Waals surface area contributed by atoms with E-state index >= 15 is 0 Å². The number of nitrogens with two attached hydrogens (primary N) is 1. The highest BCUT2D eigenvalue weighted by Gasteiger charge is 2.27. The minimum absolute atomic E-state index is 0.0416. The van der Waals surface area contributed by atoms with Gasteiger partial charge in [-0.25, -0.2) is 0 Å². The van der Waals surface area contributed by atoms with Gasteiger partial charge in [0.25, 0.3) is 0 Å². The molecule has 1 amide bonds. The summed E-state index contributed by atoms with van der Waals surface area (Å²) in [5.74, 6) is -1.02. The van der Waals surface area contributed by atoms with Crippen molar-refractivity contribution in [1.82, 2.24) is 0 Å². The van der Waals surface area contributed by atoms with Gasteiger partial charge in [0.1, 0.15) is 11.9 Å². The third-order valence-corrected chi connectivity index (χ3v) is 5.68. The summed E-state index contributed by atoms with van der Waals surface area (Å²) in [5.41, 5.74) is 8.59. The Bertz CT molecular complexity index is 940. The van der Waals surface area contributed by atoms with E-state index < -0.39 is 23.9 Å². The third-order valence-electron chi connectivity index (χ3n) is 5.68. The molecule has 2 atom stereocenters. The van der Waals surface area contributed by atoms with E-state index in [1.54, 1.807) is 0 Å². The number of benzene rings is 2. The van der Waals surface area contributed by atoms with Gasteiger partial charge in [-0.3, -0.25) is 14.4 Å². The maximum Gasteiger partial charge on any atom is 0.302 e. The van der Waals surface area contributed by atoms with Gasteiger partial charge in [0.15, 0.2) is 0 Å². The second-order valence-corrected chi connectivity index (χ2v) is 8.70. The van der Waals surface area contributed by atoms with Crippen LogP contribution in [0.4, 0.5) is 0 Å². The van der Waals surface area contributed by atoms with Crippen LogP contribution in [0.2, 0.25) is 0 Å². The van der Waals surface area contributed by atoms with E-state index in [0.717, 1.165) is 41.9 Å². The third kappa shape index (κ3) is 10.6. The largest absolute Gasteiger partial charge is 0.494 e. The number of ether oxygens (including phenoxy) is 3. The van der Waals surface area contributed by atoms with Crippen molar-refractivity contribution < 1.29 is 28.6 Å². The lowest BCUT2D eigenvalue weighted by Gasteiger charge is -2.25. The molecule has 0 aromatic heterocycles. The Balaban J connectivity index is 2.08. The minimum Gasteiger partial charge on any atom is -0.494 e. The Morgan fingerprint density at radius 3 is 2.31 bits per heavy atom. The maximum atomic E-state index is 11.6. The zero-order chi connectivity index (χ0) is 25.6. The van der Waals surface area contributed by atoms with E-state index in [0.29, 0.717) is 12.8 Å². The summed E-state index contributed by atoms with van der Waals surface area (Å²) in [6.07, 6.45) is 3.70. The highest BCUT2D eigenvalue weighted by Crippen LogP contribution is 2.26. The molecule has 2 aromatic rings. The molecule has 2 N–H and O–H groups in total. The first-order valence-corrected chi connectivity index (χ1v) is 12.2. The van der Waals surface area contributed by atoms with Crippen LogP contribution in [0.3, 0.4) is 0 Å². The molecule has 0 heterocycles. The number of carbonyl (C=O) groups is 3. The van der Waals surface area contributed by atoms with E-state index in [4.69, 9.17) is 19.9 Å². The van der Waals surface area contributed by atoms with Gasteiger partial charge in [0.05, 0.1) is 19.6 Å². The molecule has 2 aromatic carbocycles. The molecule has 0 aliphatic heterocycles. The number of esters is 2. The maximum absolute atomic E-state index is 11.6. The number of hydrogen-bond acceptors (Lipinski definition) is 6. The molecule has 0 aliphatic carbocycles. The second-order valence-electron chi connectivity index (χ2n) is 8.70. The fraction of sp³-hybridized carbons (Fsp3) is 0.464. The minimum atomic E-state index is -0.752. The van der Waals surface area contributed by atoms with Crippen molar-refractivity contribution in [1.29, 1.82) is 0 Å². The van der Waals surface area contributed by atoms with Gasteiger partial charge in [-0.2, -0.15) is 0 Å². The van der Waals surface area contributed by atoms with E-state index in [2.05, 4.69) is 13.0 Å². The summed E-state index contributed by atoms with van der Waals surface area (Å²) in [4.78, 5) is 34.5. The number of amides is 1. The monoisotopic (exact) mass is 483 g/mol. The molecular weight excluding hydrogens is 446 g/mol. The quantitative estimate of drug-likeness (QED) is 0.287. The molecule has 0 saturated heterocycles. The number of rotatable bonds is 15. The Hall–Kier alpha value is -3.35. The van der Waals surface area contributed by atoms with Crippen LogP contribution in [0.25, 0.3) is 11.1 Å². The smallest absolute Gasteiger partial charge is 0.302 e. The zero-order valence-corrected chi connectivity index (χ0v) is 21.0. The summed E-state index contributed by atoms with van der Waals surface area (Å²) in [7, 11) is 0. The molecule has 0 fully saturated rings. The van der Waals surface area contributed by atoms with E-state index in [1.165, 1.54) is 20.3 Å². The Kier molecular flexibility index (Phi) is 11.8. The average Bonchev–Trinajstić information content (AvgIpc) is 2.81. The van der Waals surface area contributed by atoms with Crippen molar-refractivity contribution >= 4 is 17.8 Å². The van der Waals surface area contributed by atoms with Crippen molar-refractivity contribution in [3.8, 4) is 16.9 Å². The molecule has 0 radical (unpaired) electrons. The van der Waals surface area contributed by atoms with Crippen LogP contribution in [0.1, 0.15) is 58.4 Å². The average molecular weight is 484 g/mol. The number of primary amides is 1. The highest BCUT2D eigenvalue weighted by atomic mass is 16.6. The number of hydrogen-bond donors (Lipinski definition) is 1. The molecule has 7 nitrogen and oxygen atoms in total. The van der Waals surface area contributed by atoms with Gasteiger partial charge in [0.2, 0.25) is 5.91 Å². The summed E-state index contributed by atoms with van der Waals surface area (Å²) < 4.78 is 16.3. The van der Waals surface area contributed by atoms with Gasteiger partial charge in [-0.1, -0.05) is 56.2 Å². The first-order valence-electron chi connectivity index (χ1n) is 12.2. The molecule has 0 spiro atoms. The summed E-state index contributed by atoms with van der Waals surface area (Å²) in [6, 6.07) is 16.2. The molecule has 35 heavy (non-hydrogen) atoms. The van der Waals surface area contributed by atoms with E-state index in [9.17, 15) is 14.4 Å². The fourth-order valence-electron chi connectivity index (χ4n) is 3.86. The van der Waals surface area contributed by atoms with Crippen molar-refractivity contribution in [3.63, 3.8) is 0 Å². The van der Waals surface area contributed by atoms with Gasteiger partial charge in [0, 0.05) is 19.8 Å². The summed E-state index contributed by atoms with van der Waals surface area (Å²) in [6.45, 7) is 5.53. The SMILES string of the molecule is CCCCCOc1ccc(-c2cccc(CCC(COC(C)=O)C(CC(N)=O)OC(C)=O)c2)cc1. The lowest BCUT2D eigenvalue weighted by Crippen LogP contribution is -2.34. The van der Waals surface area contributed by atoms with Crippen molar-refractivity contribution in [2.45, 2.75) is 65.4 Å². The van der Waals surface area contributed by atoms with Crippen LogP contribution in [-0.4, -0.2) is 37.2 Å². The molecule has 7 heteroatoms. The van der Waals surface area contributed by atoms with Crippen LogP contribution < -0.4 is 10.5 Å². The molecule has 0 bridgehead atoms. The molecular formula is C28H37NO6. The van der Waals surface area contributed by atoms with Gasteiger partial charge in [-0.15, -0.1) is 0 Å². The van der Waals surface area contributed by atoms with Crippen molar-refractivity contribution in [2.75, 3.05) is 13.2 Å². The Morgan fingerprint density at radius 2 is 1.69 bits per heavy atom. The van der Waals surface area contributed by atoms with E-state index in [1.807, 2.05) is 42.5 Å². The van der Waals surface area contributed by atoms with Crippen LogP contribution in [-0.2, 0) is 30.3 Å². The fourth-order valence-corrected chi connectivity index (χ4v) is 3.86. The predicted molar refractivity (Wildman–Crippen MR) is 135 cm³/mol. The van der Waals surface area contributed by atoms with Gasteiger partial charge < -0.3 is 19.9 Å². The van der Waals surface area contributed by atoms with Crippen LogP contribution >= 0.6 is 0 Å². The topological polar surface area (TPSA) is 105 Å². The van der Waals surface area contributed by atoms with Crippen molar-refractivity contribution in [3.05, 3.63) is 54.1 Å². The molecule has 2 rings (SSSR count). The number of carbonyl (C=O) groups excluding carboxylic acids is 3. The molecule has 190 valence electrons. The normalized spacial score (nSPS) is 12.4. The number of unbranched alkanes of at least 4 members (excludes halogenated alkanes) is 2. The molecule has 2 unspecified atom stereocenters. The second kappa shape index (κ2) is 14.8. The number of aryl methyl sites for hydroxylation is 1. The van der Waals surface area contributed by atoms with Crippen LogP contribution in [0.5, 0.6) is 5.75 Å². The molecule has 0 aliphatic rings. The Labute approximate surface area is 207 Å². The van der Waals surface area contributed by atoms with Crippen molar-refractivity contribution in [2.24, 2.45) is 11.7 Å². The van der Waals surface area contributed by atoms with E-state index in [-0.39, 0.29) is 18.9 Å². The molecule has 0 saturated carbocycles. The lowest BCUT2D eigenvalue weighted by molar-refractivity contribution is -0.154. The Morgan fingerprint density at radius 1 is 0.943 bits per heavy atom. The van der Waals surface area contributed by atoms with Gasteiger partial charge in [-0.05, 0) is 48.1 Å². The van der Waals surface area contributed by atoms with Gasteiger partial charge >= 0.3 is 11.9 Å². The van der Waals surface area contributed by atoms with Crippen LogP contribution in [0.15, 0.2) is 48.5 Å². The standard InChI is InChI=1S/C28H37NO6/c1-4-5-6-16-33-26-14-12-23(13-15-26)24-9-7-8-22(17-24)10-11-25(19-34-20(2)30)27(18-28(29)32)35-21(3)31/h7-9,12-15,17,25,27H,4-6,10-11,16,18-19H2,1-3H3,(H2,29,32). The lowest BCUT2D eigenvalue weighted by atomic mass is 9.92. The first-order chi connectivity index (χ1) is 16.8. The predicted octanol–water partition coefficient (Wildman–Crippen LogP) is 4.84. The summed E-state index contributed by atoms with van der Waals surface area (Å²) >= 11 is 0. The first kappa shape index (κ1) is 27.9. The summed E-state index contributed by atoms with van der Waals surface area (Å²) in [5, 5.41) is 0.